The first kappa shape index (κ1) is 12.3. The molecule has 0 aliphatic heterocycles. The molecule has 0 saturated heterocycles. The van der Waals surface area contributed by atoms with Gasteiger partial charge < -0.3 is 14.3 Å². The van der Waals surface area contributed by atoms with Crippen LogP contribution < -0.4 is 4.74 Å². The van der Waals surface area contributed by atoms with Crippen LogP contribution in [0.1, 0.15) is 43.0 Å². The molecule has 0 spiro atoms. The summed E-state index contributed by atoms with van der Waals surface area (Å²) in [6.45, 7) is 2.03. The van der Waals surface area contributed by atoms with E-state index in [1.165, 1.54) is 0 Å². The van der Waals surface area contributed by atoms with Crippen LogP contribution in [0.5, 0.6) is 5.75 Å². The molecule has 1 atom stereocenters. The molecule has 0 radical (unpaired) electrons. The molecule has 1 N–H and O–H groups in total. The van der Waals surface area contributed by atoms with E-state index in [1.807, 2.05) is 43.3 Å². The minimum absolute atomic E-state index is 0.364. The second-order valence-corrected chi connectivity index (χ2v) is 4.95. The molecule has 19 heavy (non-hydrogen) atoms. The van der Waals surface area contributed by atoms with E-state index in [0.29, 0.717) is 11.9 Å². The van der Waals surface area contributed by atoms with Gasteiger partial charge in [0.1, 0.15) is 23.4 Å². The number of hydrogen-bond donors (Lipinski definition) is 1. The van der Waals surface area contributed by atoms with Gasteiger partial charge in [-0.2, -0.15) is 0 Å². The molecule has 1 saturated carbocycles. The summed E-state index contributed by atoms with van der Waals surface area (Å²) in [5, 5.41) is 10.3. The average molecular weight is 258 g/mol. The lowest BCUT2D eigenvalue weighted by molar-refractivity contribution is 0.186. The molecule has 100 valence electrons. The first-order chi connectivity index (χ1) is 9.26. The van der Waals surface area contributed by atoms with Crippen LogP contribution >= 0.6 is 0 Å². The number of furan rings is 1. The van der Waals surface area contributed by atoms with E-state index < -0.39 is 6.10 Å². The zero-order valence-electron chi connectivity index (χ0n) is 11.0. The summed E-state index contributed by atoms with van der Waals surface area (Å²) < 4.78 is 11.3. The fraction of sp³-hybridized carbons (Fsp3) is 0.375. The van der Waals surface area contributed by atoms with Crippen LogP contribution in [0, 0.1) is 0 Å². The molecule has 3 rings (SSSR count). The molecule has 2 aromatic rings. The van der Waals surface area contributed by atoms with E-state index in [-0.39, 0.29) is 0 Å². The second-order valence-electron chi connectivity index (χ2n) is 4.95. The first-order valence-corrected chi connectivity index (χ1v) is 6.79. The van der Waals surface area contributed by atoms with Gasteiger partial charge in [0, 0.05) is 6.42 Å². The lowest BCUT2D eigenvalue weighted by Crippen LogP contribution is -2.00. The molecule has 1 aromatic carbocycles. The SMILES string of the molecule is CCc1ccc(C(O)c2cccc(OC3CC3)c2)o1. The Morgan fingerprint density at radius 1 is 1.32 bits per heavy atom. The number of aryl methyl sites for hydroxylation is 1. The summed E-state index contributed by atoms with van der Waals surface area (Å²) in [6.07, 6.45) is 2.72. The zero-order chi connectivity index (χ0) is 13.2. The van der Waals surface area contributed by atoms with Crippen molar-refractivity contribution in [3.05, 3.63) is 53.5 Å². The Kier molecular flexibility index (Phi) is 3.30. The molecule has 1 fully saturated rings. The Hall–Kier alpha value is -1.74. The molecule has 3 heteroatoms. The van der Waals surface area contributed by atoms with Crippen LogP contribution in [0.25, 0.3) is 0 Å². The number of aliphatic hydroxyl groups excluding tert-OH is 1. The summed E-state index contributed by atoms with van der Waals surface area (Å²) in [4.78, 5) is 0. The summed E-state index contributed by atoms with van der Waals surface area (Å²) in [7, 11) is 0. The van der Waals surface area contributed by atoms with Crippen molar-refractivity contribution in [2.24, 2.45) is 0 Å². The molecule has 1 heterocycles. The van der Waals surface area contributed by atoms with Crippen molar-refractivity contribution in [2.45, 2.75) is 38.4 Å². The van der Waals surface area contributed by atoms with Crippen LogP contribution in [0.3, 0.4) is 0 Å². The number of benzene rings is 1. The van der Waals surface area contributed by atoms with Crippen LogP contribution in [-0.4, -0.2) is 11.2 Å². The van der Waals surface area contributed by atoms with E-state index in [2.05, 4.69) is 0 Å². The third-order valence-electron chi connectivity index (χ3n) is 3.30. The maximum Gasteiger partial charge on any atom is 0.137 e. The lowest BCUT2D eigenvalue weighted by atomic mass is 10.1. The Labute approximate surface area is 112 Å². The molecule has 0 amide bonds. The third-order valence-corrected chi connectivity index (χ3v) is 3.30. The zero-order valence-corrected chi connectivity index (χ0v) is 11.0. The highest BCUT2D eigenvalue weighted by molar-refractivity contribution is 5.33. The monoisotopic (exact) mass is 258 g/mol. The summed E-state index contributed by atoms with van der Waals surface area (Å²) in [5.41, 5.74) is 0.801. The fourth-order valence-electron chi connectivity index (χ4n) is 2.03. The quantitative estimate of drug-likeness (QED) is 0.893. The van der Waals surface area contributed by atoms with E-state index in [0.717, 1.165) is 36.3 Å². The minimum Gasteiger partial charge on any atom is -0.490 e. The van der Waals surface area contributed by atoms with E-state index in [9.17, 15) is 5.11 Å². The van der Waals surface area contributed by atoms with Crippen molar-refractivity contribution in [3.63, 3.8) is 0 Å². The Balaban J connectivity index is 1.79. The molecular formula is C16H18O3. The predicted molar refractivity (Wildman–Crippen MR) is 72.2 cm³/mol. The molecule has 1 aliphatic rings. The highest BCUT2D eigenvalue weighted by Gasteiger charge is 2.24. The van der Waals surface area contributed by atoms with Crippen LogP contribution in [0.4, 0.5) is 0 Å². The number of aliphatic hydroxyl groups is 1. The smallest absolute Gasteiger partial charge is 0.137 e. The van der Waals surface area contributed by atoms with Crippen molar-refractivity contribution in [2.75, 3.05) is 0 Å². The topological polar surface area (TPSA) is 42.6 Å². The van der Waals surface area contributed by atoms with Gasteiger partial charge in [-0.1, -0.05) is 19.1 Å². The van der Waals surface area contributed by atoms with Gasteiger partial charge in [0.05, 0.1) is 6.10 Å². The maximum atomic E-state index is 10.3. The van der Waals surface area contributed by atoms with Crippen LogP contribution in [0.2, 0.25) is 0 Å². The fourth-order valence-corrected chi connectivity index (χ4v) is 2.03. The molecule has 1 aromatic heterocycles. The number of hydrogen-bond acceptors (Lipinski definition) is 3. The van der Waals surface area contributed by atoms with Crippen LogP contribution in [0.15, 0.2) is 40.8 Å². The third kappa shape index (κ3) is 2.82. The Bertz CT molecular complexity index is 555. The van der Waals surface area contributed by atoms with Gasteiger partial charge in [-0.05, 0) is 42.7 Å². The van der Waals surface area contributed by atoms with Gasteiger partial charge in [-0.25, -0.2) is 0 Å². The molecule has 1 unspecified atom stereocenters. The van der Waals surface area contributed by atoms with E-state index in [1.54, 1.807) is 0 Å². The van der Waals surface area contributed by atoms with Gasteiger partial charge in [0.15, 0.2) is 0 Å². The van der Waals surface area contributed by atoms with Gasteiger partial charge >= 0.3 is 0 Å². The van der Waals surface area contributed by atoms with Gasteiger partial charge in [0.25, 0.3) is 0 Å². The number of ether oxygens (including phenoxy) is 1. The first-order valence-electron chi connectivity index (χ1n) is 6.79. The second kappa shape index (κ2) is 5.10. The standard InChI is InChI=1S/C16H18O3/c1-2-12-8-9-15(19-12)16(17)11-4-3-5-14(10-11)18-13-6-7-13/h3-5,8-10,13,16-17H,2,6-7H2,1H3. The lowest BCUT2D eigenvalue weighted by Gasteiger charge is -2.11. The van der Waals surface area contributed by atoms with E-state index in [4.69, 9.17) is 9.15 Å². The normalized spacial score (nSPS) is 16.3. The highest BCUT2D eigenvalue weighted by atomic mass is 16.5. The van der Waals surface area contributed by atoms with Gasteiger partial charge in [-0.3, -0.25) is 0 Å². The van der Waals surface area contributed by atoms with Crippen molar-refractivity contribution in [3.8, 4) is 5.75 Å². The largest absolute Gasteiger partial charge is 0.490 e. The Morgan fingerprint density at radius 2 is 2.16 bits per heavy atom. The molecule has 3 nitrogen and oxygen atoms in total. The predicted octanol–water partition coefficient (Wildman–Crippen LogP) is 3.46. The highest BCUT2D eigenvalue weighted by Crippen LogP contribution is 2.30. The van der Waals surface area contributed by atoms with E-state index >= 15 is 0 Å². The van der Waals surface area contributed by atoms with Crippen molar-refractivity contribution >= 4 is 0 Å². The van der Waals surface area contributed by atoms with Crippen molar-refractivity contribution in [1.82, 2.24) is 0 Å². The molecule has 0 bridgehead atoms. The molecule has 1 aliphatic carbocycles. The Morgan fingerprint density at radius 3 is 2.84 bits per heavy atom. The molecular weight excluding hydrogens is 240 g/mol. The van der Waals surface area contributed by atoms with Crippen molar-refractivity contribution in [1.29, 1.82) is 0 Å². The summed E-state index contributed by atoms with van der Waals surface area (Å²) in [6, 6.07) is 11.3. The van der Waals surface area contributed by atoms with Gasteiger partial charge in [0.2, 0.25) is 0 Å². The number of rotatable bonds is 5. The van der Waals surface area contributed by atoms with Crippen LogP contribution in [-0.2, 0) is 6.42 Å². The summed E-state index contributed by atoms with van der Waals surface area (Å²) in [5.74, 6) is 2.29. The maximum absolute atomic E-state index is 10.3. The minimum atomic E-state index is -0.733. The average Bonchev–Trinajstić information content (AvgIpc) is 3.11. The van der Waals surface area contributed by atoms with Crippen molar-refractivity contribution < 1.29 is 14.3 Å². The van der Waals surface area contributed by atoms with Gasteiger partial charge in [-0.15, -0.1) is 0 Å². The summed E-state index contributed by atoms with van der Waals surface area (Å²) >= 11 is 0.